The van der Waals surface area contributed by atoms with E-state index in [0.29, 0.717) is 11.2 Å². The largest absolute Gasteiger partial charge is 0.319 e. The quantitative estimate of drug-likeness (QED) is 0.917. The van der Waals surface area contributed by atoms with Crippen molar-refractivity contribution in [2.75, 3.05) is 23.8 Å². The molecule has 0 bridgehead atoms. The summed E-state index contributed by atoms with van der Waals surface area (Å²) < 4.78 is 0. The third-order valence-electron chi connectivity index (χ3n) is 4.46. The van der Waals surface area contributed by atoms with Crippen LogP contribution in [0.15, 0.2) is 12.1 Å². The first-order chi connectivity index (χ1) is 10.2. The van der Waals surface area contributed by atoms with E-state index in [1.807, 2.05) is 34.9 Å². The molecule has 1 N–H and O–H groups in total. The zero-order chi connectivity index (χ0) is 14.4. The molecule has 114 valence electrons. The van der Waals surface area contributed by atoms with Crippen molar-refractivity contribution in [3.05, 3.63) is 21.9 Å². The van der Waals surface area contributed by atoms with Gasteiger partial charge in [-0.25, -0.2) is 0 Å². The molecule has 2 saturated heterocycles. The Kier molecular flexibility index (Phi) is 3.76. The van der Waals surface area contributed by atoms with Crippen molar-refractivity contribution >= 4 is 40.8 Å². The Hall–Kier alpha value is -0.170. The number of carbonyl (C=O) groups excluding carboxylic acids is 1. The van der Waals surface area contributed by atoms with Crippen LogP contribution in [-0.4, -0.2) is 45.4 Å². The predicted octanol–water partition coefficient (Wildman–Crippen LogP) is 2.87. The van der Waals surface area contributed by atoms with Gasteiger partial charge in [0.2, 0.25) is 5.91 Å². The molecule has 4 rings (SSSR count). The highest BCUT2D eigenvalue weighted by atomic mass is 32.2. The summed E-state index contributed by atoms with van der Waals surface area (Å²) in [6.45, 7) is 3.03. The lowest BCUT2D eigenvalue weighted by Crippen LogP contribution is -2.38. The lowest BCUT2D eigenvalue weighted by atomic mass is 10.2. The Morgan fingerprint density at radius 2 is 2.24 bits per heavy atom. The first-order valence-corrected chi connectivity index (χ1v) is 10.5. The molecule has 1 saturated carbocycles. The molecule has 3 heterocycles. The first kappa shape index (κ1) is 14.4. The van der Waals surface area contributed by atoms with Crippen LogP contribution >= 0.6 is 34.9 Å². The summed E-state index contributed by atoms with van der Waals surface area (Å²) in [4.78, 5) is 17.5. The molecule has 1 amide bonds. The van der Waals surface area contributed by atoms with Gasteiger partial charge in [0.15, 0.2) is 0 Å². The van der Waals surface area contributed by atoms with E-state index in [2.05, 4.69) is 29.3 Å². The summed E-state index contributed by atoms with van der Waals surface area (Å²) in [6.07, 6.45) is 2.12. The van der Waals surface area contributed by atoms with Gasteiger partial charge in [0, 0.05) is 38.8 Å². The molecule has 1 spiro atoms. The van der Waals surface area contributed by atoms with Crippen LogP contribution < -0.4 is 5.32 Å². The van der Waals surface area contributed by atoms with Crippen molar-refractivity contribution in [3.63, 3.8) is 0 Å². The maximum absolute atomic E-state index is 12.8. The molecular formula is C15H20N2OS3. The molecule has 3 fully saturated rings. The van der Waals surface area contributed by atoms with Gasteiger partial charge in [-0.05, 0) is 31.9 Å². The zero-order valence-electron chi connectivity index (χ0n) is 12.1. The van der Waals surface area contributed by atoms with Crippen LogP contribution in [0.2, 0.25) is 0 Å². The average molecular weight is 341 g/mol. The Morgan fingerprint density at radius 1 is 1.38 bits per heavy atom. The standard InChI is InChI=1S/C15H20N2OS3/c1-10-2-3-12(21-10)13-16-15(4-5-15)14(18)17(13)8-11-9-19-6-7-20-11/h2-3,11,13,16H,4-9H2,1H3. The molecule has 1 aromatic heterocycles. The van der Waals surface area contributed by atoms with E-state index >= 15 is 0 Å². The smallest absolute Gasteiger partial charge is 0.244 e. The topological polar surface area (TPSA) is 32.3 Å². The highest BCUT2D eigenvalue weighted by Gasteiger charge is 2.59. The number of rotatable bonds is 3. The van der Waals surface area contributed by atoms with Crippen LogP contribution in [0.5, 0.6) is 0 Å². The van der Waals surface area contributed by atoms with Gasteiger partial charge in [0.25, 0.3) is 0 Å². The fourth-order valence-electron chi connectivity index (χ4n) is 3.15. The molecule has 0 radical (unpaired) electrons. The molecule has 6 heteroatoms. The molecule has 2 unspecified atom stereocenters. The van der Waals surface area contributed by atoms with Gasteiger partial charge in [0.05, 0.1) is 0 Å². The fourth-order valence-corrected chi connectivity index (χ4v) is 6.76. The van der Waals surface area contributed by atoms with Crippen molar-refractivity contribution in [2.24, 2.45) is 0 Å². The Bertz CT molecular complexity index is 549. The van der Waals surface area contributed by atoms with Crippen LogP contribution in [0.25, 0.3) is 0 Å². The van der Waals surface area contributed by atoms with Crippen LogP contribution in [0.1, 0.15) is 28.8 Å². The summed E-state index contributed by atoms with van der Waals surface area (Å²) >= 11 is 5.88. The molecule has 21 heavy (non-hydrogen) atoms. The van der Waals surface area contributed by atoms with Gasteiger partial charge in [0.1, 0.15) is 11.7 Å². The SMILES string of the molecule is Cc1ccc(C2NC3(CC3)C(=O)N2CC2CSCCS2)s1. The molecule has 3 aliphatic rings. The van der Waals surface area contributed by atoms with Crippen LogP contribution in [0.4, 0.5) is 0 Å². The summed E-state index contributed by atoms with van der Waals surface area (Å²) in [6, 6.07) is 4.34. The van der Waals surface area contributed by atoms with E-state index in [0.717, 1.165) is 19.4 Å². The van der Waals surface area contributed by atoms with Crippen molar-refractivity contribution < 1.29 is 4.79 Å². The number of thiophene rings is 1. The van der Waals surface area contributed by atoms with Gasteiger partial charge in [-0.2, -0.15) is 23.5 Å². The molecule has 0 aromatic carbocycles. The minimum atomic E-state index is -0.213. The van der Waals surface area contributed by atoms with E-state index in [1.54, 1.807) is 0 Å². The Morgan fingerprint density at radius 3 is 2.86 bits per heavy atom. The monoisotopic (exact) mass is 340 g/mol. The van der Waals surface area contributed by atoms with Crippen molar-refractivity contribution in [2.45, 2.75) is 36.7 Å². The second-order valence-electron chi connectivity index (χ2n) is 6.10. The zero-order valence-corrected chi connectivity index (χ0v) is 14.6. The Labute approximate surface area is 138 Å². The number of nitrogens with one attached hydrogen (secondary N) is 1. The molecular weight excluding hydrogens is 320 g/mol. The van der Waals surface area contributed by atoms with Crippen LogP contribution in [-0.2, 0) is 4.79 Å². The number of nitrogens with zero attached hydrogens (tertiary/aromatic N) is 1. The number of hydrogen-bond donors (Lipinski definition) is 1. The normalized spacial score (nSPS) is 31.1. The third-order valence-corrected chi connectivity index (χ3v) is 8.34. The third kappa shape index (κ3) is 2.64. The van der Waals surface area contributed by atoms with Gasteiger partial charge < -0.3 is 4.90 Å². The first-order valence-electron chi connectivity index (χ1n) is 7.52. The number of hydrogen-bond acceptors (Lipinski definition) is 5. The van der Waals surface area contributed by atoms with Crippen LogP contribution in [0, 0.1) is 6.92 Å². The number of amides is 1. The second kappa shape index (κ2) is 5.48. The molecule has 3 nitrogen and oxygen atoms in total. The van der Waals surface area contributed by atoms with Gasteiger partial charge in [-0.3, -0.25) is 10.1 Å². The highest BCUT2D eigenvalue weighted by molar-refractivity contribution is 8.06. The van der Waals surface area contributed by atoms with E-state index in [-0.39, 0.29) is 11.7 Å². The average Bonchev–Trinajstić information content (AvgIpc) is 3.09. The predicted molar refractivity (Wildman–Crippen MR) is 92.2 cm³/mol. The van der Waals surface area contributed by atoms with Gasteiger partial charge >= 0.3 is 0 Å². The van der Waals surface area contributed by atoms with Crippen molar-refractivity contribution in [3.8, 4) is 0 Å². The van der Waals surface area contributed by atoms with E-state index < -0.39 is 0 Å². The maximum atomic E-state index is 12.8. The van der Waals surface area contributed by atoms with Crippen LogP contribution in [0.3, 0.4) is 0 Å². The second-order valence-corrected chi connectivity index (χ2v) is 9.98. The van der Waals surface area contributed by atoms with Crippen molar-refractivity contribution in [1.29, 1.82) is 0 Å². The summed E-state index contributed by atoms with van der Waals surface area (Å²) in [5.41, 5.74) is -0.213. The highest BCUT2D eigenvalue weighted by Crippen LogP contribution is 2.47. The van der Waals surface area contributed by atoms with E-state index in [4.69, 9.17) is 0 Å². The summed E-state index contributed by atoms with van der Waals surface area (Å²) in [5.74, 6) is 4.00. The maximum Gasteiger partial charge on any atom is 0.244 e. The van der Waals surface area contributed by atoms with Gasteiger partial charge in [-0.1, -0.05) is 0 Å². The molecule has 2 atom stereocenters. The summed E-state index contributed by atoms with van der Waals surface area (Å²) in [7, 11) is 0. The minimum absolute atomic E-state index is 0.103. The van der Waals surface area contributed by atoms with Crippen molar-refractivity contribution in [1.82, 2.24) is 10.2 Å². The number of carbonyl (C=O) groups is 1. The summed E-state index contributed by atoms with van der Waals surface area (Å²) in [5, 5.41) is 4.22. The lowest BCUT2D eigenvalue weighted by molar-refractivity contribution is -0.130. The van der Waals surface area contributed by atoms with Gasteiger partial charge in [-0.15, -0.1) is 11.3 Å². The number of thioether (sulfide) groups is 2. The number of aryl methyl sites for hydroxylation is 1. The fraction of sp³-hybridized carbons (Fsp3) is 0.667. The molecule has 2 aliphatic heterocycles. The lowest BCUT2D eigenvalue weighted by Gasteiger charge is -2.29. The molecule has 1 aromatic rings. The van der Waals surface area contributed by atoms with E-state index in [9.17, 15) is 4.79 Å². The molecule has 1 aliphatic carbocycles. The Balaban J connectivity index is 1.56. The minimum Gasteiger partial charge on any atom is -0.319 e. The van der Waals surface area contributed by atoms with E-state index in [1.165, 1.54) is 27.0 Å².